The number of likely N-dealkylation sites (tertiary alicyclic amines) is 1. The molecular weight excluding hydrogens is 560 g/mol. The lowest BCUT2D eigenvalue weighted by molar-refractivity contribution is -0.131. The lowest BCUT2D eigenvalue weighted by Crippen LogP contribution is -2.52. The van der Waals surface area contributed by atoms with Crippen LogP contribution >= 0.6 is 0 Å². The Morgan fingerprint density at radius 1 is 0.864 bits per heavy atom. The van der Waals surface area contributed by atoms with E-state index < -0.39 is 29.4 Å². The SMILES string of the molecule is CC(NC(=O)[C@H]1C[C@H](Cc2ccccc2)CN1C(=O)OC(C)(C)C)C(=O)NCc1ccc2c(c1)CN(C(=O)OC(C)(C)C)C2. The van der Waals surface area contributed by atoms with Crippen molar-refractivity contribution >= 4 is 24.0 Å². The third-order valence-electron chi connectivity index (χ3n) is 7.55. The van der Waals surface area contributed by atoms with Gasteiger partial charge in [-0.05, 0) is 89.5 Å². The first-order chi connectivity index (χ1) is 20.6. The number of fused-ring (bicyclic) bond motifs is 1. The van der Waals surface area contributed by atoms with Gasteiger partial charge in [0.05, 0.1) is 0 Å². The van der Waals surface area contributed by atoms with Crippen molar-refractivity contribution in [1.82, 2.24) is 20.4 Å². The van der Waals surface area contributed by atoms with Crippen molar-refractivity contribution in [2.24, 2.45) is 5.92 Å². The maximum absolute atomic E-state index is 13.4. The predicted molar refractivity (Wildman–Crippen MR) is 166 cm³/mol. The van der Waals surface area contributed by atoms with E-state index in [1.165, 1.54) is 4.90 Å². The second-order valence-electron chi connectivity index (χ2n) is 13.8. The van der Waals surface area contributed by atoms with Crippen LogP contribution < -0.4 is 10.6 Å². The monoisotopic (exact) mass is 606 g/mol. The Morgan fingerprint density at radius 2 is 1.50 bits per heavy atom. The van der Waals surface area contributed by atoms with E-state index in [9.17, 15) is 19.2 Å². The van der Waals surface area contributed by atoms with E-state index in [4.69, 9.17) is 9.47 Å². The number of carbonyl (C=O) groups excluding carboxylic acids is 4. The molecule has 4 amide bonds. The lowest BCUT2D eigenvalue weighted by atomic mass is 9.96. The average Bonchev–Trinajstić information content (AvgIpc) is 3.55. The van der Waals surface area contributed by atoms with Crippen LogP contribution in [0.3, 0.4) is 0 Å². The maximum Gasteiger partial charge on any atom is 0.410 e. The minimum Gasteiger partial charge on any atom is -0.444 e. The first-order valence-electron chi connectivity index (χ1n) is 15.3. The van der Waals surface area contributed by atoms with Crippen molar-refractivity contribution in [1.29, 1.82) is 0 Å². The number of hydrogen-bond acceptors (Lipinski definition) is 6. The van der Waals surface area contributed by atoms with E-state index in [1.54, 1.807) is 32.6 Å². The fourth-order valence-corrected chi connectivity index (χ4v) is 5.52. The molecule has 1 fully saturated rings. The van der Waals surface area contributed by atoms with Gasteiger partial charge in [-0.3, -0.25) is 19.4 Å². The molecule has 2 heterocycles. The summed E-state index contributed by atoms with van der Waals surface area (Å²) in [5.41, 5.74) is 2.81. The molecule has 2 aromatic rings. The highest BCUT2D eigenvalue weighted by atomic mass is 16.6. The summed E-state index contributed by atoms with van der Waals surface area (Å²) in [6.07, 6.45) is 0.319. The molecule has 0 aliphatic carbocycles. The van der Waals surface area contributed by atoms with Crippen molar-refractivity contribution in [3.05, 3.63) is 70.8 Å². The normalized spacial score (nSPS) is 18.8. The van der Waals surface area contributed by atoms with Crippen molar-refractivity contribution in [2.45, 2.75) is 104 Å². The van der Waals surface area contributed by atoms with E-state index in [1.807, 2.05) is 69.3 Å². The first kappa shape index (κ1) is 32.8. The number of nitrogens with zero attached hydrogens (tertiary/aromatic N) is 2. The fraction of sp³-hybridized carbons (Fsp3) is 0.529. The average molecular weight is 607 g/mol. The van der Waals surface area contributed by atoms with Crippen LogP contribution in [0.15, 0.2) is 48.5 Å². The molecule has 238 valence electrons. The molecule has 10 heteroatoms. The predicted octanol–water partition coefficient (Wildman–Crippen LogP) is 4.93. The van der Waals surface area contributed by atoms with E-state index in [0.29, 0.717) is 26.1 Å². The number of ether oxygens (including phenoxy) is 2. The second-order valence-corrected chi connectivity index (χ2v) is 13.8. The van der Waals surface area contributed by atoms with Gasteiger partial charge in [0.25, 0.3) is 0 Å². The topological polar surface area (TPSA) is 117 Å². The molecule has 0 spiro atoms. The van der Waals surface area contributed by atoms with Gasteiger partial charge in [0.15, 0.2) is 0 Å². The number of rotatable bonds is 7. The van der Waals surface area contributed by atoms with Crippen molar-refractivity contribution in [3.8, 4) is 0 Å². The molecule has 1 saturated heterocycles. The Labute approximate surface area is 260 Å². The lowest BCUT2D eigenvalue weighted by Gasteiger charge is -2.28. The minimum absolute atomic E-state index is 0.0795. The molecule has 10 nitrogen and oxygen atoms in total. The van der Waals surface area contributed by atoms with Gasteiger partial charge < -0.3 is 20.1 Å². The van der Waals surface area contributed by atoms with Gasteiger partial charge in [0.1, 0.15) is 23.3 Å². The molecule has 0 aromatic heterocycles. The van der Waals surface area contributed by atoms with Gasteiger partial charge in [0, 0.05) is 26.2 Å². The highest BCUT2D eigenvalue weighted by Gasteiger charge is 2.42. The highest BCUT2D eigenvalue weighted by Crippen LogP contribution is 2.29. The third-order valence-corrected chi connectivity index (χ3v) is 7.55. The molecule has 2 aliphatic heterocycles. The molecule has 2 N–H and O–H groups in total. The summed E-state index contributed by atoms with van der Waals surface area (Å²) < 4.78 is 11.1. The van der Waals surface area contributed by atoms with E-state index in [2.05, 4.69) is 10.6 Å². The fourth-order valence-electron chi connectivity index (χ4n) is 5.52. The van der Waals surface area contributed by atoms with Crippen molar-refractivity contribution < 1.29 is 28.7 Å². The molecular formula is C34H46N4O6. The van der Waals surface area contributed by atoms with Crippen molar-refractivity contribution in [2.75, 3.05) is 6.54 Å². The van der Waals surface area contributed by atoms with Gasteiger partial charge in [-0.15, -0.1) is 0 Å². The molecule has 3 atom stereocenters. The minimum atomic E-state index is -0.812. The van der Waals surface area contributed by atoms with Crippen LogP contribution in [0.2, 0.25) is 0 Å². The molecule has 1 unspecified atom stereocenters. The van der Waals surface area contributed by atoms with Crippen LogP contribution in [0.1, 0.15) is 77.1 Å². The maximum atomic E-state index is 13.4. The highest BCUT2D eigenvalue weighted by molar-refractivity contribution is 5.91. The Morgan fingerprint density at radius 3 is 2.16 bits per heavy atom. The summed E-state index contributed by atoms with van der Waals surface area (Å²) in [6, 6.07) is 14.3. The third kappa shape index (κ3) is 8.97. The van der Waals surface area contributed by atoms with Gasteiger partial charge in [-0.1, -0.05) is 48.5 Å². The van der Waals surface area contributed by atoms with E-state index in [0.717, 1.165) is 28.7 Å². The largest absolute Gasteiger partial charge is 0.444 e. The van der Waals surface area contributed by atoms with Crippen LogP contribution in [-0.2, 0) is 45.1 Å². The summed E-state index contributed by atoms with van der Waals surface area (Å²) >= 11 is 0. The molecule has 2 aliphatic rings. The van der Waals surface area contributed by atoms with Crippen LogP contribution in [-0.4, -0.2) is 63.6 Å². The van der Waals surface area contributed by atoms with E-state index in [-0.39, 0.29) is 30.4 Å². The van der Waals surface area contributed by atoms with Crippen molar-refractivity contribution in [3.63, 3.8) is 0 Å². The van der Waals surface area contributed by atoms with E-state index >= 15 is 0 Å². The van der Waals surface area contributed by atoms with Gasteiger partial charge >= 0.3 is 12.2 Å². The smallest absolute Gasteiger partial charge is 0.410 e. The molecule has 4 rings (SSSR count). The zero-order valence-corrected chi connectivity index (χ0v) is 26.9. The van der Waals surface area contributed by atoms with Crippen LogP contribution in [0.25, 0.3) is 0 Å². The summed E-state index contributed by atoms with van der Waals surface area (Å²) in [5, 5.41) is 5.70. The summed E-state index contributed by atoms with van der Waals surface area (Å²) in [4.78, 5) is 55.1. The Hall–Kier alpha value is -4.08. The first-order valence-corrected chi connectivity index (χ1v) is 15.3. The summed E-state index contributed by atoms with van der Waals surface area (Å²) in [7, 11) is 0. The van der Waals surface area contributed by atoms with Gasteiger partial charge in [-0.2, -0.15) is 0 Å². The number of amides is 4. The van der Waals surface area contributed by atoms with Crippen LogP contribution in [0.5, 0.6) is 0 Å². The standard InChI is InChI=1S/C34H46N4O6/c1-22(29(39)35-18-24-13-14-26-20-37(21-27(26)16-24)31(41)43-33(2,3)4)36-30(40)28-17-25(15-23-11-9-8-10-12-23)19-38(28)32(42)44-34(5,6)7/h8-14,16,22,25,28H,15,17-21H2,1-7H3,(H,35,39)(H,36,40)/t22?,25-,28+/m0/s1. The Kier molecular flexibility index (Phi) is 9.91. The summed E-state index contributed by atoms with van der Waals surface area (Å²) in [5.74, 6) is -0.637. The number of hydrogen-bond donors (Lipinski definition) is 2. The van der Waals surface area contributed by atoms with Gasteiger partial charge in [-0.25, -0.2) is 9.59 Å². The van der Waals surface area contributed by atoms with Crippen LogP contribution in [0, 0.1) is 5.92 Å². The van der Waals surface area contributed by atoms with Gasteiger partial charge in [0.2, 0.25) is 11.8 Å². The molecule has 2 aromatic carbocycles. The summed E-state index contributed by atoms with van der Waals surface area (Å²) in [6.45, 7) is 14.1. The Balaban J connectivity index is 1.33. The Bertz CT molecular complexity index is 1360. The quantitative estimate of drug-likeness (QED) is 0.462. The van der Waals surface area contributed by atoms with Crippen LogP contribution in [0.4, 0.5) is 9.59 Å². The second kappa shape index (κ2) is 13.3. The number of carbonyl (C=O) groups is 4. The number of nitrogens with one attached hydrogen (secondary N) is 2. The molecule has 44 heavy (non-hydrogen) atoms. The zero-order valence-electron chi connectivity index (χ0n) is 26.9. The molecule has 0 saturated carbocycles. The molecule has 0 bridgehead atoms. The number of benzene rings is 2. The molecule has 0 radical (unpaired) electrons. The zero-order chi connectivity index (χ0) is 32.2.